The average Bonchev–Trinajstić information content (AvgIpc) is 3.08. The van der Waals surface area contributed by atoms with E-state index in [-0.39, 0.29) is 18.5 Å². The zero-order chi connectivity index (χ0) is 17.8. The van der Waals surface area contributed by atoms with Crippen LogP contribution in [0.4, 0.5) is 5.69 Å². The molecule has 25 heavy (non-hydrogen) atoms. The molecule has 0 unspecified atom stereocenters. The van der Waals surface area contributed by atoms with Crippen LogP contribution < -0.4 is 19.5 Å². The number of carbonyl (C=O) groups excluding carboxylic acids is 2. The molecule has 128 valence electrons. The normalized spacial score (nSPS) is 12.2. The molecule has 1 amide bonds. The van der Waals surface area contributed by atoms with Crippen molar-refractivity contribution >= 4 is 23.5 Å². The van der Waals surface area contributed by atoms with Crippen molar-refractivity contribution in [1.29, 1.82) is 0 Å². The van der Waals surface area contributed by atoms with Crippen molar-refractivity contribution in [3.8, 4) is 17.2 Å². The number of methoxy groups -OCH3 is 1. The van der Waals surface area contributed by atoms with Crippen molar-refractivity contribution in [3.05, 3.63) is 53.6 Å². The van der Waals surface area contributed by atoms with Crippen LogP contribution >= 0.6 is 0 Å². The number of carbonyl (C=O) groups is 2. The molecule has 0 saturated carbocycles. The Morgan fingerprint density at radius 1 is 1.20 bits per heavy atom. The quantitative estimate of drug-likeness (QED) is 0.668. The summed E-state index contributed by atoms with van der Waals surface area (Å²) in [5, 5.41) is 2.65. The van der Waals surface area contributed by atoms with Gasteiger partial charge in [0.15, 0.2) is 17.3 Å². The molecule has 0 aromatic heterocycles. The first-order chi connectivity index (χ1) is 12.1. The Balaban J connectivity index is 1.84. The van der Waals surface area contributed by atoms with Gasteiger partial charge < -0.3 is 19.5 Å². The Hall–Kier alpha value is -3.28. The van der Waals surface area contributed by atoms with Gasteiger partial charge >= 0.3 is 0 Å². The fourth-order valence-corrected chi connectivity index (χ4v) is 2.49. The fraction of sp³-hybridized carbons (Fsp3) is 0.158. The molecule has 1 N–H and O–H groups in total. The first-order valence-corrected chi connectivity index (χ1v) is 7.65. The number of anilines is 1. The highest BCUT2D eigenvalue weighted by Crippen LogP contribution is 2.36. The van der Waals surface area contributed by atoms with Gasteiger partial charge in [0.1, 0.15) is 5.75 Å². The van der Waals surface area contributed by atoms with E-state index in [0.29, 0.717) is 28.5 Å². The molecule has 2 aromatic carbocycles. The Morgan fingerprint density at radius 2 is 2.04 bits per heavy atom. The summed E-state index contributed by atoms with van der Waals surface area (Å²) in [6.45, 7) is 1.57. The molecule has 0 saturated heterocycles. The summed E-state index contributed by atoms with van der Waals surface area (Å²) < 4.78 is 15.9. The zero-order valence-corrected chi connectivity index (χ0v) is 13.9. The number of hydrogen-bond donors (Lipinski definition) is 1. The van der Waals surface area contributed by atoms with Crippen molar-refractivity contribution in [2.45, 2.75) is 6.92 Å². The van der Waals surface area contributed by atoms with Gasteiger partial charge in [0.05, 0.1) is 12.8 Å². The number of fused-ring (bicyclic) bond motifs is 1. The van der Waals surface area contributed by atoms with Gasteiger partial charge in [-0.3, -0.25) is 9.59 Å². The highest BCUT2D eigenvalue weighted by molar-refractivity contribution is 6.08. The standard InChI is InChI=1S/C19H17NO5/c1-12(21)20-15-10-14(7-9-17(15)23-2)16(22)8-6-13-4-3-5-18-19(13)25-11-24-18/h3-10H,11H2,1-2H3,(H,20,21). The number of hydrogen-bond acceptors (Lipinski definition) is 5. The summed E-state index contributed by atoms with van der Waals surface area (Å²) in [7, 11) is 1.50. The zero-order valence-electron chi connectivity index (χ0n) is 13.9. The van der Waals surface area contributed by atoms with Crippen LogP contribution in [0.3, 0.4) is 0 Å². The highest BCUT2D eigenvalue weighted by atomic mass is 16.7. The van der Waals surface area contributed by atoms with E-state index in [1.54, 1.807) is 24.3 Å². The highest BCUT2D eigenvalue weighted by Gasteiger charge is 2.16. The minimum absolute atomic E-state index is 0.173. The lowest BCUT2D eigenvalue weighted by Crippen LogP contribution is -2.08. The van der Waals surface area contributed by atoms with Crippen LogP contribution in [0, 0.1) is 0 Å². The van der Waals surface area contributed by atoms with Gasteiger partial charge in [-0.05, 0) is 36.4 Å². The van der Waals surface area contributed by atoms with E-state index < -0.39 is 0 Å². The molecule has 2 aromatic rings. The molecule has 0 atom stereocenters. The van der Waals surface area contributed by atoms with Crippen LogP contribution in [0.1, 0.15) is 22.8 Å². The number of ketones is 1. The molecule has 0 radical (unpaired) electrons. The van der Waals surface area contributed by atoms with Gasteiger partial charge in [0.2, 0.25) is 12.7 Å². The van der Waals surface area contributed by atoms with E-state index in [2.05, 4.69) is 5.32 Å². The molecule has 6 nitrogen and oxygen atoms in total. The lowest BCUT2D eigenvalue weighted by atomic mass is 10.1. The second-order valence-corrected chi connectivity index (χ2v) is 5.37. The number of allylic oxidation sites excluding steroid dienone is 1. The monoisotopic (exact) mass is 339 g/mol. The van der Waals surface area contributed by atoms with Crippen molar-refractivity contribution in [2.24, 2.45) is 0 Å². The fourth-order valence-electron chi connectivity index (χ4n) is 2.49. The van der Waals surface area contributed by atoms with Gasteiger partial charge in [0.25, 0.3) is 0 Å². The maximum atomic E-state index is 12.4. The van der Waals surface area contributed by atoms with Crippen LogP contribution in [-0.4, -0.2) is 25.6 Å². The summed E-state index contributed by atoms with van der Waals surface area (Å²) in [6.07, 6.45) is 3.13. The third-order valence-electron chi connectivity index (χ3n) is 3.64. The van der Waals surface area contributed by atoms with Gasteiger partial charge in [-0.15, -0.1) is 0 Å². The van der Waals surface area contributed by atoms with Crippen LogP contribution in [0.5, 0.6) is 17.2 Å². The van der Waals surface area contributed by atoms with Gasteiger partial charge in [-0.1, -0.05) is 12.1 Å². The first-order valence-electron chi connectivity index (χ1n) is 7.65. The van der Waals surface area contributed by atoms with Crippen molar-refractivity contribution < 1.29 is 23.8 Å². The molecule has 0 fully saturated rings. The molecule has 1 aliphatic rings. The van der Waals surface area contributed by atoms with Crippen LogP contribution in [0.2, 0.25) is 0 Å². The first kappa shape index (κ1) is 16.6. The third-order valence-corrected chi connectivity index (χ3v) is 3.64. The molecule has 6 heteroatoms. The minimum atomic E-state index is -0.240. The summed E-state index contributed by atoms with van der Waals surface area (Å²) in [5.41, 5.74) is 1.65. The van der Waals surface area contributed by atoms with E-state index in [1.807, 2.05) is 18.2 Å². The van der Waals surface area contributed by atoms with E-state index in [0.717, 1.165) is 5.56 Å². The largest absolute Gasteiger partial charge is 0.495 e. The topological polar surface area (TPSA) is 73.9 Å². The van der Waals surface area contributed by atoms with Crippen molar-refractivity contribution in [1.82, 2.24) is 0 Å². The molecular formula is C19H17NO5. The number of para-hydroxylation sites is 1. The van der Waals surface area contributed by atoms with Crippen LogP contribution in [0.15, 0.2) is 42.5 Å². The summed E-state index contributed by atoms with van der Waals surface area (Å²) in [5.74, 6) is 1.33. The van der Waals surface area contributed by atoms with Crippen LogP contribution in [-0.2, 0) is 4.79 Å². The van der Waals surface area contributed by atoms with Crippen molar-refractivity contribution in [2.75, 3.05) is 19.2 Å². The Kier molecular flexibility index (Phi) is 4.70. The molecule has 0 spiro atoms. The van der Waals surface area contributed by atoms with E-state index >= 15 is 0 Å². The maximum absolute atomic E-state index is 12.4. The SMILES string of the molecule is COc1ccc(C(=O)C=Cc2cccc3c2OCO3)cc1NC(C)=O. The van der Waals surface area contributed by atoms with E-state index in [9.17, 15) is 9.59 Å². The minimum Gasteiger partial charge on any atom is -0.495 e. The number of ether oxygens (including phenoxy) is 3. The number of nitrogens with one attached hydrogen (secondary N) is 1. The molecule has 0 bridgehead atoms. The summed E-state index contributed by atoms with van der Waals surface area (Å²) in [6, 6.07) is 10.4. The predicted octanol–water partition coefficient (Wildman–Crippen LogP) is 3.28. The molecule has 3 rings (SSSR count). The summed E-state index contributed by atoms with van der Waals surface area (Å²) >= 11 is 0. The van der Waals surface area contributed by atoms with E-state index in [4.69, 9.17) is 14.2 Å². The van der Waals surface area contributed by atoms with Gasteiger partial charge in [0, 0.05) is 18.1 Å². The smallest absolute Gasteiger partial charge is 0.231 e. The lowest BCUT2D eigenvalue weighted by molar-refractivity contribution is -0.114. The van der Waals surface area contributed by atoms with Gasteiger partial charge in [-0.2, -0.15) is 0 Å². The number of benzene rings is 2. The van der Waals surface area contributed by atoms with Crippen molar-refractivity contribution in [3.63, 3.8) is 0 Å². The third kappa shape index (κ3) is 3.63. The molecular weight excluding hydrogens is 322 g/mol. The second kappa shape index (κ2) is 7.09. The Bertz CT molecular complexity index is 857. The molecule has 1 heterocycles. The second-order valence-electron chi connectivity index (χ2n) is 5.37. The van der Waals surface area contributed by atoms with E-state index in [1.165, 1.54) is 20.1 Å². The molecule has 1 aliphatic heterocycles. The lowest BCUT2D eigenvalue weighted by Gasteiger charge is -2.09. The predicted molar refractivity (Wildman–Crippen MR) is 93.2 cm³/mol. The van der Waals surface area contributed by atoms with Crippen LogP contribution in [0.25, 0.3) is 6.08 Å². The molecule has 0 aliphatic carbocycles. The Labute approximate surface area is 145 Å². The maximum Gasteiger partial charge on any atom is 0.231 e. The number of rotatable bonds is 5. The average molecular weight is 339 g/mol. The van der Waals surface area contributed by atoms with Gasteiger partial charge in [-0.25, -0.2) is 0 Å². The Morgan fingerprint density at radius 3 is 2.80 bits per heavy atom. The summed E-state index contributed by atoms with van der Waals surface area (Å²) in [4.78, 5) is 23.7. The number of amides is 1.